The molecule has 0 amide bonds. The highest BCUT2D eigenvalue weighted by Crippen LogP contribution is 2.25. The van der Waals surface area contributed by atoms with E-state index >= 15 is 0 Å². The summed E-state index contributed by atoms with van der Waals surface area (Å²) >= 11 is 0. The molecule has 140 valence electrons. The van der Waals surface area contributed by atoms with E-state index in [1.165, 1.54) is 23.5 Å². The van der Waals surface area contributed by atoms with Gasteiger partial charge in [0.05, 0.1) is 28.8 Å². The zero-order valence-electron chi connectivity index (χ0n) is 14.8. The fourth-order valence-corrected chi connectivity index (χ4v) is 4.72. The Bertz CT molecular complexity index is 990. The number of nitriles is 1. The van der Waals surface area contributed by atoms with Gasteiger partial charge in [-0.1, -0.05) is 24.3 Å². The summed E-state index contributed by atoms with van der Waals surface area (Å²) < 4.78 is 32.1. The van der Waals surface area contributed by atoms with E-state index in [0.717, 1.165) is 5.69 Å². The van der Waals surface area contributed by atoms with Crippen LogP contribution in [0, 0.1) is 11.3 Å². The number of piperazine rings is 1. The van der Waals surface area contributed by atoms with Crippen LogP contribution in [-0.4, -0.2) is 52.0 Å². The van der Waals surface area contributed by atoms with Gasteiger partial charge in [0.25, 0.3) is 0 Å². The third kappa shape index (κ3) is 3.65. The van der Waals surface area contributed by atoms with Gasteiger partial charge >= 0.3 is 5.97 Å². The second-order valence-corrected chi connectivity index (χ2v) is 7.91. The van der Waals surface area contributed by atoms with E-state index in [4.69, 9.17) is 4.74 Å². The lowest BCUT2D eigenvalue weighted by Gasteiger charge is -2.35. The van der Waals surface area contributed by atoms with Crippen LogP contribution in [0.3, 0.4) is 0 Å². The van der Waals surface area contributed by atoms with E-state index in [1.807, 2.05) is 17.0 Å². The maximum Gasteiger partial charge on any atom is 0.339 e. The van der Waals surface area contributed by atoms with Crippen molar-refractivity contribution in [3.05, 3.63) is 59.7 Å². The monoisotopic (exact) mass is 385 g/mol. The molecule has 0 radical (unpaired) electrons. The summed E-state index contributed by atoms with van der Waals surface area (Å²) in [5.41, 5.74) is 1.38. The Morgan fingerprint density at radius 1 is 1.04 bits per heavy atom. The number of hydrogen-bond donors (Lipinski definition) is 0. The second-order valence-electron chi connectivity index (χ2n) is 6.01. The highest BCUT2D eigenvalue weighted by atomic mass is 32.2. The van der Waals surface area contributed by atoms with Crippen LogP contribution in [-0.2, 0) is 14.8 Å². The quantitative estimate of drug-likeness (QED) is 0.746. The Morgan fingerprint density at radius 2 is 1.67 bits per heavy atom. The molecule has 0 aliphatic carbocycles. The molecular weight excluding hydrogens is 366 g/mol. The number of methoxy groups -OCH3 is 1. The number of ether oxygens (including phenoxy) is 1. The predicted octanol–water partition coefficient (Wildman–Crippen LogP) is 1.86. The van der Waals surface area contributed by atoms with Crippen molar-refractivity contribution >= 4 is 21.7 Å². The molecule has 0 N–H and O–H groups in total. The lowest BCUT2D eigenvalue weighted by Crippen LogP contribution is -2.49. The van der Waals surface area contributed by atoms with Crippen molar-refractivity contribution in [1.82, 2.24) is 4.31 Å². The van der Waals surface area contributed by atoms with Crippen molar-refractivity contribution in [2.45, 2.75) is 4.90 Å². The van der Waals surface area contributed by atoms with E-state index in [9.17, 15) is 18.5 Å². The highest BCUT2D eigenvalue weighted by Gasteiger charge is 2.32. The van der Waals surface area contributed by atoms with Gasteiger partial charge in [-0.3, -0.25) is 0 Å². The number of rotatable bonds is 4. The van der Waals surface area contributed by atoms with Crippen molar-refractivity contribution in [3.8, 4) is 6.07 Å². The molecule has 1 saturated heterocycles. The normalized spacial score (nSPS) is 15.2. The Balaban J connectivity index is 1.82. The summed E-state index contributed by atoms with van der Waals surface area (Å²) in [4.78, 5) is 13.9. The van der Waals surface area contributed by atoms with E-state index in [-0.39, 0.29) is 23.5 Å². The molecule has 1 heterocycles. The average molecular weight is 385 g/mol. The molecule has 27 heavy (non-hydrogen) atoms. The Kier molecular flexibility index (Phi) is 5.44. The summed E-state index contributed by atoms with van der Waals surface area (Å²) in [5, 5.41) is 9.26. The van der Waals surface area contributed by atoms with Gasteiger partial charge in [-0.25, -0.2) is 13.2 Å². The van der Waals surface area contributed by atoms with Crippen LogP contribution < -0.4 is 4.90 Å². The molecule has 0 saturated carbocycles. The minimum atomic E-state index is -3.83. The number of carbonyl (C=O) groups is 1. The summed E-state index contributed by atoms with van der Waals surface area (Å²) in [5.74, 6) is -0.684. The van der Waals surface area contributed by atoms with Gasteiger partial charge in [-0.15, -0.1) is 0 Å². The topological polar surface area (TPSA) is 90.7 Å². The third-order valence-electron chi connectivity index (χ3n) is 4.51. The number of hydrogen-bond acceptors (Lipinski definition) is 6. The van der Waals surface area contributed by atoms with E-state index in [2.05, 4.69) is 6.07 Å². The zero-order valence-corrected chi connectivity index (χ0v) is 15.6. The van der Waals surface area contributed by atoms with Crippen molar-refractivity contribution in [1.29, 1.82) is 5.26 Å². The highest BCUT2D eigenvalue weighted by molar-refractivity contribution is 7.89. The van der Waals surface area contributed by atoms with Crippen LogP contribution in [0.15, 0.2) is 53.4 Å². The summed E-state index contributed by atoms with van der Waals surface area (Å²) in [7, 11) is -2.61. The van der Waals surface area contributed by atoms with Gasteiger partial charge in [0, 0.05) is 26.2 Å². The Hall–Kier alpha value is -2.89. The third-order valence-corrected chi connectivity index (χ3v) is 6.47. The molecule has 0 bridgehead atoms. The average Bonchev–Trinajstić information content (AvgIpc) is 2.73. The number of sulfonamides is 1. The minimum absolute atomic E-state index is 0.0252. The number of anilines is 1. The molecular formula is C19H19N3O4S. The van der Waals surface area contributed by atoms with Gasteiger partial charge in [0.1, 0.15) is 6.07 Å². The lowest BCUT2D eigenvalue weighted by atomic mass is 10.1. The molecule has 1 aliphatic heterocycles. The van der Waals surface area contributed by atoms with Gasteiger partial charge in [0.2, 0.25) is 10.0 Å². The number of carbonyl (C=O) groups excluding carboxylic acids is 1. The minimum Gasteiger partial charge on any atom is -0.465 e. The standard InChI is InChI=1S/C19H19N3O4S/c1-26-19(23)16-7-3-5-9-18(16)27(24,25)22-12-10-21(11-13-22)17-8-4-2-6-15(17)14-20/h2-9H,10-13H2,1H3. The summed E-state index contributed by atoms with van der Waals surface area (Å²) in [6.07, 6.45) is 0. The molecule has 2 aromatic carbocycles. The zero-order chi connectivity index (χ0) is 19.4. The Morgan fingerprint density at radius 3 is 2.33 bits per heavy atom. The van der Waals surface area contributed by atoms with Crippen LogP contribution >= 0.6 is 0 Å². The van der Waals surface area contributed by atoms with Crippen molar-refractivity contribution < 1.29 is 17.9 Å². The largest absolute Gasteiger partial charge is 0.465 e. The van der Waals surface area contributed by atoms with Gasteiger partial charge in [0.15, 0.2) is 0 Å². The van der Waals surface area contributed by atoms with Crippen molar-refractivity contribution in [3.63, 3.8) is 0 Å². The maximum absolute atomic E-state index is 13.0. The van der Waals surface area contributed by atoms with Crippen molar-refractivity contribution in [2.24, 2.45) is 0 Å². The number of nitrogens with zero attached hydrogens (tertiary/aromatic N) is 3. The van der Waals surface area contributed by atoms with E-state index in [0.29, 0.717) is 18.7 Å². The molecule has 0 unspecified atom stereocenters. The first kappa shape index (κ1) is 18.9. The van der Waals surface area contributed by atoms with Crippen LogP contribution in [0.4, 0.5) is 5.69 Å². The molecule has 2 aromatic rings. The fraction of sp³-hybridized carbons (Fsp3) is 0.263. The van der Waals surface area contributed by atoms with Gasteiger partial charge in [-0.05, 0) is 24.3 Å². The molecule has 1 aliphatic rings. The first-order valence-electron chi connectivity index (χ1n) is 8.40. The second kappa shape index (κ2) is 7.78. The van der Waals surface area contributed by atoms with Crippen LogP contribution in [0.25, 0.3) is 0 Å². The molecule has 7 nitrogen and oxygen atoms in total. The Labute approximate surface area is 158 Å². The van der Waals surface area contributed by atoms with Gasteiger partial charge in [-0.2, -0.15) is 9.57 Å². The molecule has 8 heteroatoms. The molecule has 0 atom stereocenters. The molecule has 0 aromatic heterocycles. The SMILES string of the molecule is COC(=O)c1ccccc1S(=O)(=O)N1CCN(c2ccccc2C#N)CC1. The molecule has 3 rings (SSSR count). The van der Waals surface area contributed by atoms with Crippen LogP contribution in [0.1, 0.15) is 15.9 Å². The molecule has 0 spiro atoms. The van der Waals surface area contributed by atoms with Crippen molar-refractivity contribution in [2.75, 3.05) is 38.2 Å². The first-order chi connectivity index (χ1) is 13.0. The smallest absolute Gasteiger partial charge is 0.339 e. The predicted molar refractivity (Wildman–Crippen MR) is 99.9 cm³/mol. The van der Waals surface area contributed by atoms with E-state index < -0.39 is 16.0 Å². The number of benzene rings is 2. The van der Waals surface area contributed by atoms with Gasteiger partial charge < -0.3 is 9.64 Å². The van der Waals surface area contributed by atoms with Crippen LogP contribution in [0.5, 0.6) is 0 Å². The number of esters is 1. The molecule has 1 fully saturated rings. The number of para-hydroxylation sites is 1. The van der Waals surface area contributed by atoms with Crippen LogP contribution in [0.2, 0.25) is 0 Å². The lowest BCUT2D eigenvalue weighted by molar-refractivity contribution is 0.0596. The van der Waals surface area contributed by atoms with E-state index in [1.54, 1.807) is 24.3 Å². The summed E-state index contributed by atoms with van der Waals surface area (Å²) in [6.45, 7) is 1.44. The maximum atomic E-state index is 13.0. The fourth-order valence-electron chi connectivity index (χ4n) is 3.12. The first-order valence-corrected chi connectivity index (χ1v) is 9.84. The summed E-state index contributed by atoms with van der Waals surface area (Å²) in [6, 6.07) is 15.4.